The van der Waals surface area contributed by atoms with Crippen molar-refractivity contribution in [3.63, 3.8) is 0 Å². The maximum Gasteiger partial charge on any atom is 0.268 e. The predicted molar refractivity (Wildman–Crippen MR) is 52.5 cm³/mol. The molecule has 0 radical (unpaired) electrons. The lowest BCUT2D eigenvalue weighted by Crippen LogP contribution is -2.06. The molecule has 0 bridgehead atoms. The molecular weight excluding hydrogens is 221 g/mol. The van der Waals surface area contributed by atoms with Crippen molar-refractivity contribution in [2.75, 3.05) is 6.61 Å². The number of benzene rings is 1. The molecular formula is C11H11F3O2. The highest BCUT2D eigenvalue weighted by Crippen LogP contribution is 2.33. The van der Waals surface area contributed by atoms with Gasteiger partial charge in [0, 0.05) is 11.6 Å². The predicted octanol–water partition coefficient (Wildman–Crippen LogP) is 3.36. The van der Waals surface area contributed by atoms with E-state index in [2.05, 4.69) is 0 Å². The molecule has 88 valence electrons. The van der Waals surface area contributed by atoms with Crippen LogP contribution in [0.2, 0.25) is 0 Å². The number of ketones is 1. The van der Waals surface area contributed by atoms with Gasteiger partial charge in [-0.1, -0.05) is 0 Å². The molecule has 2 nitrogen and oxygen atoms in total. The number of halogens is 3. The third-order valence-electron chi connectivity index (χ3n) is 2.00. The minimum absolute atomic E-state index is 0.126. The summed E-state index contributed by atoms with van der Waals surface area (Å²) >= 11 is 0. The summed E-state index contributed by atoms with van der Waals surface area (Å²) < 4.78 is 43.5. The summed E-state index contributed by atoms with van der Waals surface area (Å²) in [4.78, 5) is 11.1. The molecule has 0 spiro atoms. The van der Waals surface area contributed by atoms with E-state index in [1.54, 1.807) is 6.92 Å². The minimum Gasteiger partial charge on any atom is -0.493 e. The fourth-order valence-electron chi connectivity index (χ4n) is 1.38. The molecule has 0 amide bonds. The van der Waals surface area contributed by atoms with Gasteiger partial charge in [0.25, 0.3) is 6.43 Å². The van der Waals surface area contributed by atoms with Gasteiger partial charge < -0.3 is 4.74 Å². The molecule has 0 aliphatic heterocycles. The van der Waals surface area contributed by atoms with Gasteiger partial charge in [-0.05, 0) is 19.9 Å². The molecule has 0 saturated carbocycles. The summed E-state index contributed by atoms with van der Waals surface area (Å²) in [6.45, 7) is 2.82. The van der Waals surface area contributed by atoms with E-state index in [0.29, 0.717) is 0 Å². The summed E-state index contributed by atoms with van der Waals surface area (Å²) in [6.07, 6.45) is -2.87. The van der Waals surface area contributed by atoms with Crippen LogP contribution in [0.5, 0.6) is 5.75 Å². The zero-order valence-corrected chi connectivity index (χ0v) is 8.89. The van der Waals surface area contributed by atoms with Crippen molar-refractivity contribution in [2.24, 2.45) is 0 Å². The summed E-state index contributed by atoms with van der Waals surface area (Å²) in [5.74, 6) is -1.66. The van der Waals surface area contributed by atoms with E-state index in [0.717, 1.165) is 19.1 Å². The Morgan fingerprint density at radius 2 is 2.06 bits per heavy atom. The van der Waals surface area contributed by atoms with Crippen molar-refractivity contribution in [3.05, 3.63) is 29.1 Å². The summed E-state index contributed by atoms with van der Waals surface area (Å²) in [6, 6.07) is 1.66. The molecule has 0 aliphatic rings. The fraction of sp³-hybridized carbons (Fsp3) is 0.364. The summed E-state index contributed by atoms with van der Waals surface area (Å²) in [5.41, 5.74) is -0.880. The third-order valence-corrected chi connectivity index (χ3v) is 2.00. The van der Waals surface area contributed by atoms with E-state index in [1.807, 2.05) is 0 Å². The van der Waals surface area contributed by atoms with Crippen LogP contribution in [0.3, 0.4) is 0 Å². The van der Waals surface area contributed by atoms with Gasteiger partial charge in [0.15, 0.2) is 5.78 Å². The van der Waals surface area contributed by atoms with E-state index in [-0.39, 0.29) is 17.9 Å². The van der Waals surface area contributed by atoms with Crippen molar-refractivity contribution >= 4 is 5.78 Å². The topological polar surface area (TPSA) is 26.3 Å². The second-order valence-corrected chi connectivity index (χ2v) is 3.16. The average Bonchev–Trinajstić information content (AvgIpc) is 2.16. The number of ether oxygens (including phenoxy) is 1. The number of carbonyl (C=O) groups excluding carboxylic acids is 1. The number of carbonyl (C=O) groups is 1. The smallest absolute Gasteiger partial charge is 0.268 e. The lowest BCUT2D eigenvalue weighted by Gasteiger charge is -2.13. The maximum absolute atomic E-state index is 13.1. The van der Waals surface area contributed by atoms with Crippen molar-refractivity contribution < 1.29 is 22.7 Å². The first-order valence-corrected chi connectivity index (χ1v) is 4.72. The van der Waals surface area contributed by atoms with E-state index in [1.165, 1.54) is 0 Å². The molecule has 0 aromatic heterocycles. The Labute approximate surface area is 91.0 Å². The molecule has 1 rings (SSSR count). The van der Waals surface area contributed by atoms with Crippen LogP contribution < -0.4 is 4.74 Å². The first-order valence-electron chi connectivity index (χ1n) is 4.72. The van der Waals surface area contributed by atoms with Crippen LogP contribution in [-0.4, -0.2) is 12.4 Å². The van der Waals surface area contributed by atoms with Crippen LogP contribution in [0.4, 0.5) is 13.2 Å². The largest absolute Gasteiger partial charge is 0.493 e. The molecule has 1 aromatic rings. The van der Waals surface area contributed by atoms with Gasteiger partial charge >= 0.3 is 0 Å². The van der Waals surface area contributed by atoms with E-state index < -0.39 is 23.6 Å². The molecule has 0 N–H and O–H groups in total. The first kappa shape index (κ1) is 12.5. The van der Waals surface area contributed by atoms with E-state index >= 15 is 0 Å². The molecule has 16 heavy (non-hydrogen) atoms. The Bertz CT molecular complexity index is 402. The second kappa shape index (κ2) is 5.01. The van der Waals surface area contributed by atoms with Gasteiger partial charge in [0.1, 0.15) is 11.6 Å². The Kier molecular flexibility index (Phi) is 3.93. The summed E-state index contributed by atoms with van der Waals surface area (Å²) in [7, 11) is 0. The highest BCUT2D eigenvalue weighted by molar-refractivity contribution is 5.96. The second-order valence-electron chi connectivity index (χ2n) is 3.16. The molecule has 0 fully saturated rings. The highest BCUT2D eigenvalue weighted by Gasteiger charge is 2.22. The quantitative estimate of drug-likeness (QED) is 0.744. The van der Waals surface area contributed by atoms with Gasteiger partial charge in [-0.3, -0.25) is 4.79 Å². The first-order chi connectivity index (χ1) is 7.47. The van der Waals surface area contributed by atoms with Gasteiger partial charge in [0.05, 0.1) is 12.2 Å². The molecule has 0 atom stereocenters. The lowest BCUT2D eigenvalue weighted by molar-refractivity contribution is 0.0995. The fourth-order valence-corrected chi connectivity index (χ4v) is 1.38. The molecule has 0 heterocycles. The number of Topliss-reactive ketones (excluding diaryl/α,β-unsaturated/α-hetero) is 1. The number of rotatable bonds is 4. The van der Waals surface area contributed by atoms with E-state index in [4.69, 9.17) is 4.74 Å². The molecule has 0 saturated heterocycles. The van der Waals surface area contributed by atoms with E-state index in [9.17, 15) is 18.0 Å². The molecule has 0 unspecified atom stereocenters. The number of alkyl halides is 2. The lowest BCUT2D eigenvalue weighted by atomic mass is 10.0. The summed E-state index contributed by atoms with van der Waals surface area (Å²) in [5, 5.41) is 0. The van der Waals surface area contributed by atoms with Crippen LogP contribution >= 0.6 is 0 Å². The Balaban J connectivity index is 3.41. The Morgan fingerprint density at radius 3 is 2.50 bits per heavy atom. The van der Waals surface area contributed by atoms with Gasteiger partial charge in [-0.15, -0.1) is 0 Å². The zero-order valence-electron chi connectivity index (χ0n) is 8.89. The zero-order chi connectivity index (χ0) is 12.3. The van der Waals surface area contributed by atoms with Crippen LogP contribution in [0.1, 0.15) is 36.2 Å². The van der Waals surface area contributed by atoms with Crippen LogP contribution in [-0.2, 0) is 0 Å². The number of hydrogen-bond acceptors (Lipinski definition) is 2. The van der Waals surface area contributed by atoms with Gasteiger partial charge in [-0.2, -0.15) is 0 Å². The average molecular weight is 232 g/mol. The van der Waals surface area contributed by atoms with Crippen molar-refractivity contribution in [1.29, 1.82) is 0 Å². The number of hydrogen-bond donors (Lipinski definition) is 0. The Hall–Kier alpha value is -1.52. The van der Waals surface area contributed by atoms with Crippen molar-refractivity contribution in [1.82, 2.24) is 0 Å². The third kappa shape index (κ3) is 2.53. The normalized spacial score (nSPS) is 10.6. The monoisotopic (exact) mass is 232 g/mol. The molecule has 5 heteroatoms. The van der Waals surface area contributed by atoms with Crippen LogP contribution in [0.25, 0.3) is 0 Å². The van der Waals surface area contributed by atoms with Crippen molar-refractivity contribution in [2.45, 2.75) is 20.3 Å². The standard InChI is InChI=1S/C11H11F3O2/c1-3-16-9-5-7(12)4-8(6(2)15)10(9)11(13)14/h4-5,11H,3H2,1-2H3. The van der Waals surface area contributed by atoms with Crippen LogP contribution in [0, 0.1) is 5.82 Å². The molecule has 1 aromatic carbocycles. The van der Waals surface area contributed by atoms with Crippen LogP contribution in [0.15, 0.2) is 12.1 Å². The highest BCUT2D eigenvalue weighted by atomic mass is 19.3. The minimum atomic E-state index is -2.87. The molecule has 0 aliphatic carbocycles. The van der Waals surface area contributed by atoms with Gasteiger partial charge in [-0.25, -0.2) is 13.2 Å². The SMILES string of the molecule is CCOc1cc(F)cc(C(C)=O)c1C(F)F. The Morgan fingerprint density at radius 1 is 1.44 bits per heavy atom. The van der Waals surface area contributed by atoms with Crippen molar-refractivity contribution in [3.8, 4) is 5.75 Å². The maximum atomic E-state index is 13.1. The van der Waals surface area contributed by atoms with Gasteiger partial charge in [0.2, 0.25) is 0 Å².